The smallest absolute Gasteiger partial charge is 0.338 e. The molecule has 2 aromatic carbocycles. The van der Waals surface area contributed by atoms with Gasteiger partial charge in [0.25, 0.3) is 0 Å². The first-order chi connectivity index (χ1) is 19.2. The maximum absolute atomic E-state index is 12.2. The van der Waals surface area contributed by atoms with E-state index in [1.807, 2.05) is 0 Å². The zero-order valence-electron chi connectivity index (χ0n) is 21.8. The van der Waals surface area contributed by atoms with Gasteiger partial charge in [-0.3, -0.25) is 4.79 Å². The fraction of sp³-hybridized carbons (Fsp3) is 0.393. The first-order valence-electron chi connectivity index (χ1n) is 12.5. The predicted molar refractivity (Wildman–Crippen MR) is 138 cm³/mol. The van der Waals surface area contributed by atoms with E-state index in [0.29, 0.717) is 24.0 Å². The molecule has 0 aromatic heterocycles. The lowest BCUT2D eigenvalue weighted by Gasteiger charge is -2.39. The average molecular weight is 561 g/mol. The lowest BCUT2D eigenvalue weighted by molar-refractivity contribution is -0.272. The van der Waals surface area contributed by atoms with E-state index in [1.54, 1.807) is 31.2 Å². The standard InChI is InChI=1S/C28H32O12/c1-3-11-36-27(35)25-23(32)22(31)24(33)28(40-25)39-21-10-9-20(12-18(21)13-29)37-14-16-5-7-17(8-6-16)26(34)38-15-19(30)4-2/h3,5-10,12-13,19,22-25,28,30-33H,1,4,11,14-15H2,2H3/t19-,22+,23+,24?,25?,28-/m1/s1. The molecular weight excluding hydrogens is 528 g/mol. The van der Waals surface area contributed by atoms with Crippen LogP contribution < -0.4 is 9.47 Å². The summed E-state index contributed by atoms with van der Waals surface area (Å²) in [7, 11) is 0. The van der Waals surface area contributed by atoms with E-state index in [-0.39, 0.29) is 31.1 Å². The summed E-state index contributed by atoms with van der Waals surface area (Å²) in [5.74, 6) is -1.28. The van der Waals surface area contributed by atoms with Crippen LogP contribution in [0.1, 0.15) is 39.6 Å². The average Bonchev–Trinajstić information content (AvgIpc) is 2.98. The molecule has 0 amide bonds. The summed E-state index contributed by atoms with van der Waals surface area (Å²) >= 11 is 0. The van der Waals surface area contributed by atoms with Crippen LogP contribution in [0, 0.1) is 0 Å². The minimum Gasteiger partial charge on any atom is -0.489 e. The summed E-state index contributed by atoms with van der Waals surface area (Å²) in [6.07, 6.45) is -7.03. The summed E-state index contributed by atoms with van der Waals surface area (Å²) in [5, 5.41) is 40.1. The van der Waals surface area contributed by atoms with Crippen molar-refractivity contribution in [2.75, 3.05) is 13.2 Å². The highest BCUT2D eigenvalue weighted by molar-refractivity contribution is 5.89. The van der Waals surface area contributed by atoms with Crippen molar-refractivity contribution in [3.63, 3.8) is 0 Å². The van der Waals surface area contributed by atoms with Crippen LogP contribution in [0.2, 0.25) is 0 Å². The highest BCUT2D eigenvalue weighted by Crippen LogP contribution is 2.29. The van der Waals surface area contributed by atoms with Crippen LogP contribution in [0.5, 0.6) is 11.5 Å². The molecular formula is C28H32O12. The van der Waals surface area contributed by atoms with Crippen LogP contribution in [-0.4, -0.2) is 88.7 Å². The molecule has 0 spiro atoms. The molecule has 12 nitrogen and oxygen atoms in total. The molecule has 6 atom stereocenters. The molecule has 1 aliphatic rings. The summed E-state index contributed by atoms with van der Waals surface area (Å²) in [4.78, 5) is 36.0. The van der Waals surface area contributed by atoms with E-state index in [0.717, 1.165) is 5.56 Å². The maximum atomic E-state index is 12.2. The molecule has 0 bridgehead atoms. The normalized spacial score (nSPS) is 23.0. The second-order valence-corrected chi connectivity index (χ2v) is 8.90. The SMILES string of the molecule is C=CCOC(=O)C1O[C@@H](Oc2ccc(OCc3ccc(C(=O)OC[C@H](O)CC)cc3)cc2C=O)C(O)[C@@H](O)[C@@H]1O. The van der Waals surface area contributed by atoms with Gasteiger partial charge in [-0.15, -0.1) is 0 Å². The third-order valence-corrected chi connectivity index (χ3v) is 5.97. The molecule has 0 aliphatic carbocycles. The van der Waals surface area contributed by atoms with Crippen molar-refractivity contribution in [1.29, 1.82) is 0 Å². The lowest BCUT2D eigenvalue weighted by atomic mass is 9.99. The first-order valence-corrected chi connectivity index (χ1v) is 12.5. The highest BCUT2D eigenvalue weighted by atomic mass is 16.7. The van der Waals surface area contributed by atoms with Gasteiger partial charge in [-0.05, 0) is 42.3 Å². The summed E-state index contributed by atoms with van der Waals surface area (Å²) < 4.78 is 26.6. The van der Waals surface area contributed by atoms with Gasteiger partial charge < -0.3 is 44.1 Å². The quantitative estimate of drug-likeness (QED) is 0.155. The van der Waals surface area contributed by atoms with Crippen LogP contribution in [-0.2, 0) is 25.6 Å². The molecule has 4 N–H and O–H groups in total. The second-order valence-electron chi connectivity index (χ2n) is 8.90. The third-order valence-electron chi connectivity index (χ3n) is 5.97. The van der Waals surface area contributed by atoms with Crippen molar-refractivity contribution >= 4 is 18.2 Å². The largest absolute Gasteiger partial charge is 0.489 e. The number of ether oxygens (including phenoxy) is 5. The molecule has 2 aromatic rings. The van der Waals surface area contributed by atoms with Crippen molar-refractivity contribution in [2.45, 2.75) is 56.8 Å². The Morgan fingerprint density at radius 1 is 1.05 bits per heavy atom. The first kappa shape index (κ1) is 30.7. The van der Waals surface area contributed by atoms with E-state index >= 15 is 0 Å². The van der Waals surface area contributed by atoms with E-state index in [9.17, 15) is 34.8 Å². The number of carbonyl (C=O) groups is 3. The molecule has 3 rings (SSSR count). The minimum absolute atomic E-state index is 0.0204. The lowest BCUT2D eigenvalue weighted by Crippen LogP contribution is -2.61. The van der Waals surface area contributed by atoms with Gasteiger partial charge in [-0.25, -0.2) is 9.59 Å². The molecule has 0 saturated carbocycles. The van der Waals surface area contributed by atoms with Gasteiger partial charge in [0.1, 0.15) is 49.6 Å². The minimum atomic E-state index is -1.79. The fourth-order valence-corrected chi connectivity index (χ4v) is 3.58. The number of esters is 2. The topological polar surface area (TPSA) is 178 Å². The molecule has 12 heteroatoms. The molecule has 1 aliphatic heterocycles. The second kappa shape index (κ2) is 14.5. The molecule has 1 fully saturated rings. The van der Waals surface area contributed by atoms with Gasteiger partial charge in [0.15, 0.2) is 12.4 Å². The molecule has 1 saturated heterocycles. The summed E-state index contributed by atoms with van der Waals surface area (Å²) in [6, 6.07) is 10.7. The van der Waals surface area contributed by atoms with Gasteiger partial charge in [-0.2, -0.15) is 0 Å². The van der Waals surface area contributed by atoms with E-state index in [2.05, 4.69) is 6.58 Å². The Kier molecular flexibility index (Phi) is 11.2. The van der Waals surface area contributed by atoms with Crippen molar-refractivity contribution < 1.29 is 58.5 Å². The summed E-state index contributed by atoms with van der Waals surface area (Å²) in [6.45, 7) is 5.05. The number of benzene rings is 2. The van der Waals surface area contributed by atoms with Crippen LogP contribution in [0.15, 0.2) is 55.1 Å². The monoisotopic (exact) mass is 560 g/mol. The van der Waals surface area contributed by atoms with Crippen molar-refractivity contribution in [2.24, 2.45) is 0 Å². The third kappa shape index (κ3) is 7.87. The molecule has 216 valence electrons. The van der Waals surface area contributed by atoms with E-state index in [4.69, 9.17) is 23.7 Å². The Bertz CT molecular complexity index is 1160. The number of hydrogen-bond acceptors (Lipinski definition) is 12. The predicted octanol–water partition coefficient (Wildman–Crippen LogP) is 0.921. The Morgan fingerprint density at radius 3 is 2.42 bits per heavy atom. The van der Waals surface area contributed by atoms with Gasteiger partial charge in [-0.1, -0.05) is 31.7 Å². The Labute approximate surface area is 230 Å². The molecule has 2 unspecified atom stereocenters. The number of rotatable bonds is 13. The summed E-state index contributed by atoms with van der Waals surface area (Å²) in [5.41, 5.74) is 1.06. The molecule has 0 radical (unpaired) electrons. The number of aliphatic hydroxyl groups is 4. The Balaban J connectivity index is 1.62. The Hall–Kier alpha value is -3.81. The fourth-order valence-electron chi connectivity index (χ4n) is 3.58. The van der Waals surface area contributed by atoms with Crippen LogP contribution >= 0.6 is 0 Å². The van der Waals surface area contributed by atoms with Gasteiger partial charge in [0.05, 0.1) is 17.2 Å². The van der Waals surface area contributed by atoms with E-state index in [1.165, 1.54) is 24.3 Å². The highest BCUT2D eigenvalue weighted by Gasteiger charge is 2.48. The van der Waals surface area contributed by atoms with Crippen molar-refractivity contribution in [3.8, 4) is 11.5 Å². The number of carbonyl (C=O) groups excluding carboxylic acids is 3. The van der Waals surface area contributed by atoms with Crippen LogP contribution in [0.4, 0.5) is 0 Å². The maximum Gasteiger partial charge on any atom is 0.338 e. The molecule has 40 heavy (non-hydrogen) atoms. The van der Waals surface area contributed by atoms with E-state index < -0.39 is 48.7 Å². The molecule has 1 heterocycles. The zero-order valence-corrected chi connectivity index (χ0v) is 21.8. The Morgan fingerprint density at radius 2 is 1.77 bits per heavy atom. The van der Waals surface area contributed by atoms with Crippen LogP contribution in [0.25, 0.3) is 0 Å². The zero-order chi connectivity index (χ0) is 29.2. The number of aliphatic hydroxyl groups excluding tert-OH is 4. The van der Waals surface area contributed by atoms with Gasteiger partial charge in [0, 0.05) is 0 Å². The van der Waals surface area contributed by atoms with Gasteiger partial charge in [0.2, 0.25) is 6.29 Å². The van der Waals surface area contributed by atoms with Crippen LogP contribution in [0.3, 0.4) is 0 Å². The number of hydrogen-bond donors (Lipinski definition) is 4. The van der Waals surface area contributed by atoms with Crippen molar-refractivity contribution in [3.05, 3.63) is 71.8 Å². The van der Waals surface area contributed by atoms with Crippen molar-refractivity contribution in [1.82, 2.24) is 0 Å². The van der Waals surface area contributed by atoms with Gasteiger partial charge >= 0.3 is 11.9 Å². The number of aldehydes is 1.